The van der Waals surface area contributed by atoms with E-state index in [1.165, 1.54) is 0 Å². The van der Waals surface area contributed by atoms with Crippen LogP contribution >= 0.6 is 11.6 Å². The van der Waals surface area contributed by atoms with E-state index in [0.29, 0.717) is 10.6 Å². The number of carbonyl (C=O) groups excluding carboxylic acids is 3. The highest BCUT2D eigenvalue weighted by Crippen LogP contribution is 2.16. The smallest absolute Gasteiger partial charge is 0.408 e. The molecular weight excluding hydrogens is 286 g/mol. The molecule has 1 atom stereocenters. The molecule has 1 aliphatic rings. The first-order chi connectivity index (χ1) is 9.56. The zero-order valence-electron chi connectivity index (χ0n) is 10.4. The van der Waals surface area contributed by atoms with E-state index in [4.69, 9.17) is 16.3 Å². The molecule has 0 radical (unpaired) electrons. The Hall–Kier alpha value is -2.08. The molecule has 2 rings (SSSR count). The van der Waals surface area contributed by atoms with E-state index in [1.54, 1.807) is 24.3 Å². The van der Waals surface area contributed by atoms with E-state index in [2.05, 4.69) is 10.1 Å². The molecule has 1 aromatic rings. The van der Waals surface area contributed by atoms with Crippen molar-refractivity contribution in [2.75, 3.05) is 0 Å². The number of amides is 1. The Morgan fingerprint density at radius 2 is 2.15 bits per heavy atom. The topological polar surface area (TPSA) is 81.7 Å². The minimum absolute atomic E-state index is 0.00773. The number of halogens is 1. The first-order valence-corrected chi connectivity index (χ1v) is 6.35. The Morgan fingerprint density at radius 1 is 1.40 bits per heavy atom. The minimum atomic E-state index is -0.855. The summed E-state index contributed by atoms with van der Waals surface area (Å²) in [4.78, 5) is 33.7. The number of cyclic esters (lactones) is 2. The molecule has 1 saturated heterocycles. The Morgan fingerprint density at radius 3 is 2.85 bits per heavy atom. The number of alkyl carbamates (subject to hydrolysis) is 1. The second-order valence-corrected chi connectivity index (χ2v) is 4.60. The lowest BCUT2D eigenvalue weighted by atomic mass is 10.1. The Balaban J connectivity index is 1.83. The highest BCUT2D eigenvalue weighted by atomic mass is 35.5. The summed E-state index contributed by atoms with van der Waals surface area (Å²) in [5.41, 5.74) is 0.658. The average molecular weight is 298 g/mol. The van der Waals surface area contributed by atoms with Crippen molar-refractivity contribution in [3.05, 3.63) is 34.9 Å². The van der Waals surface area contributed by atoms with Crippen molar-refractivity contribution in [3.63, 3.8) is 0 Å². The SMILES string of the molecule is O=C1CC[C@H](NC(=O)OCc2ccccc2Cl)C(=O)O1. The Bertz CT molecular complexity index is 545. The maximum absolute atomic E-state index is 11.6. The van der Waals surface area contributed by atoms with Crippen LogP contribution in [0.25, 0.3) is 0 Å². The summed E-state index contributed by atoms with van der Waals surface area (Å²) in [5, 5.41) is 2.84. The third kappa shape index (κ3) is 3.71. The first-order valence-electron chi connectivity index (χ1n) is 5.97. The van der Waals surface area contributed by atoms with Gasteiger partial charge in [0.05, 0.1) is 0 Å². The van der Waals surface area contributed by atoms with Crippen LogP contribution in [0.5, 0.6) is 0 Å². The maximum Gasteiger partial charge on any atom is 0.408 e. The van der Waals surface area contributed by atoms with Crippen molar-refractivity contribution in [1.29, 1.82) is 0 Å². The van der Waals surface area contributed by atoms with Gasteiger partial charge < -0.3 is 14.8 Å². The number of nitrogens with one attached hydrogen (secondary N) is 1. The van der Waals surface area contributed by atoms with Crippen molar-refractivity contribution < 1.29 is 23.9 Å². The Labute approximate surface area is 120 Å². The monoisotopic (exact) mass is 297 g/mol. The van der Waals surface area contributed by atoms with Crippen LogP contribution in [0.2, 0.25) is 5.02 Å². The van der Waals surface area contributed by atoms with E-state index < -0.39 is 24.1 Å². The van der Waals surface area contributed by atoms with Crippen LogP contribution in [0.4, 0.5) is 4.79 Å². The normalized spacial score (nSPS) is 18.4. The lowest BCUT2D eigenvalue weighted by molar-refractivity contribution is -0.165. The van der Waals surface area contributed by atoms with Crippen LogP contribution in [0.1, 0.15) is 18.4 Å². The Kier molecular flexibility index (Phi) is 4.57. The summed E-state index contributed by atoms with van der Waals surface area (Å²) < 4.78 is 9.37. The molecule has 20 heavy (non-hydrogen) atoms. The zero-order chi connectivity index (χ0) is 14.5. The van der Waals surface area contributed by atoms with Crippen molar-refractivity contribution >= 4 is 29.6 Å². The molecule has 1 fully saturated rings. The molecule has 7 heteroatoms. The summed E-state index contributed by atoms with van der Waals surface area (Å²) >= 11 is 5.92. The fraction of sp³-hybridized carbons (Fsp3) is 0.308. The van der Waals surface area contributed by atoms with Gasteiger partial charge in [0.15, 0.2) is 0 Å². The van der Waals surface area contributed by atoms with Gasteiger partial charge in [0, 0.05) is 17.0 Å². The molecule has 1 aromatic carbocycles. The van der Waals surface area contributed by atoms with Crippen LogP contribution in [-0.2, 0) is 25.7 Å². The number of rotatable bonds is 3. The van der Waals surface area contributed by atoms with Gasteiger partial charge in [-0.3, -0.25) is 4.79 Å². The third-order valence-electron chi connectivity index (χ3n) is 2.74. The molecule has 0 bridgehead atoms. The summed E-state index contributed by atoms with van der Waals surface area (Å²) in [7, 11) is 0. The van der Waals surface area contributed by atoms with Crippen LogP contribution in [0.15, 0.2) is 24.3 Å². The highest BCUT2D eigenvalue weighted by Gasteiger charge is 2.30. The van der Waals surface area contributed by atoms with Gasteiger partial charge in [-0.05, 0) is 12.5 Å². The number of hydrogen-bond donors (Lipinski definition) is 1. The van der Waals surface area contributed by atoms with Gasteiger partial charge in [0.25, 0.3) is 0 Å². The molecule has 0 saturated carbocycles. The van der Waals surface area contributed by atoms with E-state index in [9.17, 15) is 14.4 Å². The largest absolute Gasteiger partial charge is 0.445 e. The second kappa shape index (κ2) is 6.38. The molecule has 1 heterocycles. The maximum atomic E-state index is 11.6. The molecule has 6 nitrogen and oxygen atoms in total. The third-order valence-corrected chi connectivity index (χ3v) is 3.11. The number of esters is 2. The van der Waals surface area contributed by atoms with Gasteiger partial charge >= 0.3 is 18.0 Å². The first kappa shape index (κ1) is 14.3. The van der Waals surface area contributed by atoms with Gasteiger partial charge in [0.1, 0.15) is 12.6 Å². The van der Waals surface area contributed by atoms with Crippen LogP contribution in [0, 0.1) is 0 Å². The zero-order valence-corrected chi connectivity index (χ0v) is 11.2. The van der Waals surface area contributed by atoms with E-state index in [1.807, 2.05) is 0 Å². The molecular formula is C13H12ClNO5. The van der Waals surface area contributed by atoms with Crippen LogP contribution in [-0.4, -0.2) is 24.1 Å². The van der Waals surface area contributed by atoms with E-state index >= 15 is 0 Å². The summed E-state index contributed by atoms with van der Waals surface area (Å²) in [6, 6.07) is 6.09. The van der Waals surface area contributed by atoms with Crippen LogP contribution < -0.4 is 5.32 Å². The molecule has 1 amide bonds. The van der Waals surface area contributed by atoms with E-state index in [0.717, 1.165) is 0 Å². The number of carbonyl (C=O) groups is 3. The fourth-order valence-corrected chi connectivity index (χ4v) is 1.88. The minimum Gasteiger partial charge on any atom is -0.445 e. The second-order valence-electron chi connectivity index (χ2n) is 4.20. The predicted molar refractivity (Wildman–Crippen MR) is 68.9 cm³/mol. The molecule has 0 spiro atoms. The van der Waals surface area contributed by atoms with Gasteiger partial charge in [-0.1, -0.05) is 29.8 Å². The molecule has 0 aliphatic carbocycles. The van der Waals surface area contributed by atoms with E-state index in [-0.39, 0.29) is 19.4 Å². The van der Waals surface area contributed by atoms with Gasteiger partial charge in [-0.2, -0.15) is 0 Å². The lowest BCUT2D eigenvalue weighted by Crippen LogP contribution is -2.45. The number of hydrogen-bond acceptors (Lipinski definition) is 5. The molecule has 106 valence electrons. The van der Waals surface area contributed by atoms with Gasteiger partial charge in [0.2, 0.25) is 0 Å². The molecule has 0 unspecified atom stereocenters. The average Bonchev–Trinajstić information content (AvgIpc) is 2.41. The summed E-state index contributed by atoms with van der Waals surface area (Å²) in [6.07, 6.45) is -0.471. The summed E-state index contributed by atoms with van der Waals surface area (Å²) in [6.45, 7) is -0.00773. The van der Waals surface area contributed by atoms with Crippen LogP contribution in [0.3, 0.4) is 0 Å². The number of ether oxygens (including phenoxy) is 2. The lowest BCUT2D eigenvalue weighted by Gasteiger charge is -2.20. The highest BCUT2D eigenvalue weighted by molar-refractivity contribution is 6.31. The van der Waals surface area contributed by atoms with Crippen molar-refractivity contribution in [2.24, 2.45) is 0 Å². The molecule has 1 aliphatic heterocycles. The van der Waals surface area contributed by atoms with Gasteiger partial charge in [-0.15, -0.1) is 0 Å². The number of benzene rings is 1. The van der Waals surface area contributed by atoms with Crippen molar-refractivity contribution in [2.45, 2.75) is 25.5 Å². The summed E-state index contributed by atoms with van der Waals surface area (Å²) in [5.74, 6) is -1.35. The standard InChI is InChI=1S/C13H12ClNO5/c14-9-4-2-1-3-8(9)7-19-13(18)15-10-5-6-11(16)20-12(10)17/h1-4,10H,5-7H2,(H,15,18)/t10-/m0/s1. The van der Waals surface area contributed by atoms with Gasteiger partial charge in [-0.25, -0.2) is 9.59 Å². The molecule has 1 N–H and O–H groups in total. The molecule has 0 aromatic heterocycles. The predicted octanol–water partition coefficient (Wildman–Crippen LogP) is 1.80. The quantitative estimate of drug-likeness (QED) is 0.679. The van der Waals surface area contributed by atoms with Crippen molar-refractivity contribution in [1.82, 2.24) is 5.32 Å². The van der Waals surface area contributed by atoms with Crippen molar-refractivity contribution in [3.8, 4) is 0 Å². The fourth-order valence-electron chi connectivity index (χ4n) is 1.69.